The van der Waals surface area contributed by atoms with Crippen LogP contribution >= 0.6 is 0 Å². The van der Waals surface area contributed by atoms with Crippen LogP contribution in [-0.2, 0) is 4.74 Å². The summed E-state index contributed by atoms with van der Waals surface area (Å²) in [6, 6.07) is 9.22. The molecule has 0 bridgehead atoms. The lowest BCUT2D eigenvalue weighted by molar-refractivity contribution is 0.0543. The molecule has 0 saturated heterocycles. The van der Waals surface area contributed by atoms with Gasteiger partial charge in [0.25, 0.3) is 0 Å². The van der Waals surface area contributed by atoms with Crippen LogP contribution in [0.1, 0.15) is 20.8 Å². The second kappa shape index (κ2) is 4.72. The fourth-order valence-corrected chi connectivity index (χ4v) is 1.56. The van der Waals surface area contributed by atoms with Crippen LogP contribution in [0.25, 0.3) is 11.4 Å². The summed E-state index contributed by atoms with van der Waals surface area (Å²) in [5.74, 6) is 0.375. The Morgan fingerprint density at radius 2 is 1.84 bits per heavy atom. The number of nitrogens with zero attached hydrogens (tertiary/aromatic N) is 3. The zero-order valence-corrected chi connectivity index (χ0v) is 11.1. The lowest BCUT2D eigenvalue weighted by Gasteiger charge is -2.20. The summed E-state index contributed by atoms with van der Waals surface area (Å²) >= 11 is 0. The van der Waals surface area contributed by atoms with E-state index in [9.17, 15) is 4.79 Å². The molecule has 0 radical (unpaired) electrons. The van der Waals surface area contributed by atoms with Crippen molar-refractivity contribution in [1.29, 1.82) is 0 Å². The van der Waals surface area contributed by atoms with E-state index in [-0.39, 0.29) is 5.95 Å². The normalized spacial score (nSPS) is 11.3. The Kier molecular flexibility index (Phi) is 3.25. The highest BCUT2D eigenvalue weighted by Gasteiger charge is 2.23. The average molecular weight is 260 g/mol. The molecule has 0 aliphatic carbocycles. The van der Waals surface area contributed by atoms with Crippen LogP contribution in [0.4, 0.5) is 10.7 Å². The zero-order valence-electron chi connectivity index (χ0n) is 11.1. The predicted molar refractivity (Wildman–Crippen MR) is 71.5 cm³/mol. The Morgan fingerprint density at radius 1 is 1.21 bits per heavy atom. The van der Waals surface area contributed by atoms with E-state index in [0.29, 0.717) is 5.82 Å². The molecule has 6 heteroatoms. The van der Waals surface area contributed by atoms with Crippen molar-refractivity contribution in [2.45, 2.75) is 26.4 Å². The lowest BCUT2D eigenvalue weighted by atomic mass is 10.2. The van der Waals surface area contributed by atoms with Crippen LogP contribution < -0.4 is 5.73 Å². The van der Waals surface area contributed by atoms with E-state index in [4.69, 9.17) is 10.5 Å². The molecule has 0 aliphatic rings. The van der Waals surface area contributed by atoms with Gasteiger partial charge in [0.05, 0.1) is 0 Å². The standard InChI is InChI=1S/C13H16N4O2/c1-13(2,3)19-12(18)17-10(15-16-11(17)14)9-7-5-4-6-8-9/h4-8H,1-3H3,(H2,14,16). The van der Waals surface area contributed by atoms with E-state index in [0.717, 1.165) is 5.56 Å². The highest BCUT2D eigenvalue weighted by Crippen LogP contribution is 2.20. The largest absolute Gasteiger partial charge is 0.443 e. The molecule has 0 unspecified atom stereocenters. The van der Waals surface area contributed by atoms with Gasteiger partial charge in [0.1, 0.15) is 5.60 Å². The molecule has 0 fully saturated rings. The van der Waals surface area contributed by atoms with Gasteiger partial charge in [-0.3, -0.25) is 0 Å². The topological polar surface area (TPSA) is 83.0 Å². The monoisotopic (exact) mass is 260 g/mol. The second-order valence-electron chi connectivity index (χ2n) is 5.06. The number of anilines is 1. The van der Waals surface area contributed by atoms with Crippen LogP contribution in [0, 0.1) is 0 Å². The summed E-state index contributed by atoms with van der Waals surface area (Å²) in [6.07, 6.45) is -0.589. The number of benzene rings is 1. The first-order valence-electron chi connectivity index (χ1n) is 5.88. The van der Waals surface area contributed by atoms with Gasteiger partial charge in [-0.1, -0.05) is 30.3 Å². The number of carbonyl (C=O) groups excluding carboxylic acids is 1. The van der Waals surface area contributed by atoms with Gasteiger partial charge in [-0.2, -0.15) is 4.57 Å². The first kappa shape index (κ1) is 13.1. The van der Waals surface area contributed by atoms with Crippen molar-refractivity contribution in [3.63, 3.8) is 0 Å². The molecule has 6 nitrogen and oxygen atoms in total. The number of aromatic nitrogens is 3. The van der Waals surface area contributed by atoms with E-state index < -0.39 is 11.7 Å². The smallest absolute Gasteiger partial charge is 0.423 e. The molecule has 100 valence electrons. The van der Waals surface area contributed by atoms with Crippen molar-refractivity contribution in [1.82, 2.24) is 14.8 Å². The van der Waals surface area contributed by atoms with E-state index >= 15 is 0 Å². The van der Waals surface area contributed by atoms with Crippen molar-refractivity contribution < 1.29 is 9.53 Å². The van der Waals surface area contributed by atoms with E-state index in [2.05, 4.69) is 10.2 Å². The van der Waals surface area contributed by atoms with Crippen molar-refractivity contribution in [3.8, 4) is 11.4 Å². The molecule has 2 aromatic rings. The number of hydrogen-bond acceptors (Lipinski definition) is 5. The Hall–Kier alpha value is -2.37. The van der Waals surface area contributed by atoms with Crippen LogP contribution in [0.3, 0.4) is 0 Å². The minimum Gasteiger partial charge on any atom is -0.443 e. The maximum absolute atomic E-state index is 12.1. The quantitative estimate of drug-likeness (QED) is 0.850. The van der Waals surface area contributed by atoms with E-state index in [1.54, 1.807) is 20.8 Å². The Balaban J connectivity index is 2.42. The fourth-order valence-electron chi connectivity index (χ4n) is 1.56. The number of carbonyl (C=O) groups is 1. The molecule has 2 rings (SSSR count). The van der Waals surface area contributed by atoms with Gasteiger partial charge in [-0.15, -0.1) is 10.2 Å². The predicted octanol–water partition coefficient (Wildman–Crippen LogP) is 2.31. The zero-order chi connectivity index (χ0) is 14.0. The minimum atomic E-state index is -0.609. The van der Waals surface area contributed by atoms with Crippen molar-refractivity contribution >= 4 is 12.0 Å². The summed E-state index contributed by atoms with van der Waals surface area (Å²) in [5, 5.41) is 7.66. The van der Waals surface area contributed by atoms with Crippen molar-refractivity contribution in [2.75, 3.05) is 5.73 Å². The number of nitrogens with two attached hydrogens (primary N) is 1. The second-order valence-corrected chi connectivity index (χ2v) is 5.06. The third-order valence-electron chi connectivity index (χ3n) is 2.30. The molecule has 0 spiro atoms. The first-order chi connectivity index (χ1) is 8.88. The molecule has 0 aliphatic heterocycles. The fraction of sp³-hybridized carbons (Fsp3) is 0.308. The van der Waals surface area contributed by atoms with Gasteiger partial charge in [-0.25, -0.2) is 4.79 Å². The molecule has 2 N–H and O–H groups in total. The van der Waals surface area contributed by atoms with Gasteiger partial charge >= 0.3 is 6.09 Å². The van der Waals surface area contributed by atoms with Gasteiger partial charge < -0.3 is 10.5 Å². The van der Waals surface area contributed by atoms with Crippen LogP contribution in [-0.4, -0.2) is 26.5 Å². The maximum Gasteiger partial charge on any atom is 0.423 e. The molecule has 0 atom stereocenters. The summed E-state index contributed by atoms with van der Waals surface area (Å²) in [5.41, 5.74) is 5.83. The number of hydrogen-bond donors (Lipinski definition) is 1. The molecule has 1 aromatic carbocycles. The number of nitrogen functional groups attached to an aromatic ring is 1. The molecular weight excluding hydrogens is 244 g/mol. The summed E-state index contributed by atoms with van der Waals surface area (Å²) in [7, 11) is 0. The third-order valence-corrected chi connectivity index (χ3v) is 2.30. The third kappa shape index (κ3) is 2.90. The van der Waals surface area contributed by atoms with Crippen LogP contribution in [0.2, 0.25) is 0 Å². The SMILES string of the molecule is CC(C)(C)OC(=O)n1c(N)nnc1-c1ccccc1. The lowest BCUT2D eigenvalue weighted by Crippen LogP contribution is -2.28. The Labute approximate surface area is 111 Å². The van der Waals surface area contributed by atoms with Gasteiger partial charge in [0, 0.05) is 5.56 Å². The first-order valence-corrected chi connectivity index (χ1v) is 5.88. The van der Waals surface area contributed by atoms with Crippen LogP contribution in [0.5, 0.6) is 0 Å². The summed E-state index contributed by atoms with van der Waals surface area (Å²) in [6.45, 7) is 5.36. The molecule has 0 amide bonds. The van der Waals surface area contributed by atoms with E-state index in [1.165, 1.54) is 4.57 Å². The highest BCUT2D eigenvalue weighted by molar-refractivity contribution is 5.79. The summed E-state index contributed by atoms with van der Waals surface area (Å²) in [4.78, 5) is 12.1. The molecular formula is C13H16N4O2. The van der Waals surface area contributed by atoms with Gasteiger partial charge in [0.2, 0.25) is 5.95 Å². The van der Waals surface area contributed by atoms with Crippen molar-refractivity contribution in [3.05, 3.63) is 30.3 Å². The van der Waals surface area contributed by atoms with Crippen LogP contribution in [0.15, 0.2) is 30.3 Å². The number of ether oxygens (including phenoxy) is 1. The van der Waals surface area contributed by atoms with Gasteiger partial charge in [0.15, 0.2) is 5.82 Å². The highest BCUT2D eigenvalue weighted by atomic mass is 16.6. The Bertz CT molecular complexity index is 584. The molecule has 19 heavy (non-hydrogen) atoms. The molecule has 1 heterocycles. The minimum absolute atomic E-state index is 0.00750. The number of rotatable bonds is 1. The maximum atomic E-state index is 12.1. The van der Waals surface area contributed by atoms with Crippen molar-refractivity contribution in [2.24, 2.45) is 0 Å². The summed E-state index contributed by atoms with van der Waals surface area (Å²) < 4.78 is 6.46. The molecule has 1 aromatic heterocycles. The molecule has 0 saturated carbocycles. The van der Waals surface area contributed by atoms with Gasteiger partial charge in [-0.05, 0) is 20.8 Å². The Morgan fingerprint density at radius 3 is 2.42 bits per heavy atom. The average Bonchev–Trinajstić information content (AvgIpc) is 2.70. The van der Waals surface area contributed by atoms with E-state index in [1.807, 2.05) is 30.3 Å².